The van der Waals surface area contributed by atoms with Crippen molar-refractivity contribution in [3.05, 3.63) is 54.1 Å². The number of thioether (sulfide) groups is 1. The fraction of sp³-hybridized carbons (Fsp3) is 0.250. The van der Waals surface area contributed by atoms with Crippen LogP contribution < -0.4 is 4.74 Å². The third-order valence-electron chi connectivity index (χ3n) is 3.38. The Labute approximate surface area is 129 Å². The molecule has 1 atom stereocenters. The molecule has 1 aliphatic rings. The topological polar surface area (TPSA) is 43.4 Å². The summed E-state index contributed by atoms with van der Waals surface area (Å²) in [6.07, 6.45) is 2.20. The number of rotatable bonds is 4. The average Bonchev–Trinajstić information content (AvgIpc) is 2.87. The highest BCUT2D eigenvalue weighted by molar-refractivity contribution is 8.00. The van der Waals surface area contributed by atoms with E-state index in [1.807, 2.05) is 17.8 Å². The third-order valence-corrected chi connectivity index (χ3v) is 5.78. The molecule has 1 unspecified atom stereocenters. The molecule has 0 aliphatic carbocycles. The zero-order valence-electron chi connectivity index (χ0n) is 11.7. The van der Waals surface area contributed by atoms with Crippen molar-refractivity contribution in [1.82, 2.24) is 0 Å². The molecule has 0 bridgehead atoms. The van der Waals surface area contributed by atoms with Crippen molar-refractivity contribution in [2.24, 2.45) is 0 Å². The fourth-order valence-corrected chi connectivity index (χ4v) is 4.20. The molecule has 0 saturated carbocycles. The summed E-state index contributed by atoms with van der Waals surface area (Å²) < 4.78 is 28.8. The monoisotopic (exact) mass is 320 g/mol. The van der Waals surface area contributed by atoms with Crippen LogP contribution in [0.3, 0.4) is 0 Å². The summed E-state index contributed by atoms with van der Waals surface area (Å²) in [5.41, 5.74) is 1.36. The van der Waals surface area contributed by atoms with Crippen LogP contribution in [-0.2, 0) is 16.3 Å². The van der Waals surface area contributed by atoms with Gasteiger partial charge in [-0.3, -0.25) is 0 Å². The molecule has 21 heavy (non-hydrogen) atoms. The molecule has 0 amide bonds. The quantitative estimate of drug-likeness (QED) is 0.868. The zero-order valence-corrected chi connectivity index (χ0v) is 13.3. The first kappa shape index (κ1) is 14.5. The summed E-state index contributed by atoms with van der Waals surface area (Å²) in [5, 5.41) is 0.379. The third kappa shape index (κ3) is 3.41. The second kappa shape index (κ2) is 5.73. The molecular formula is C16H16O3S2. The van der Waals surface area contributed by atoms with Gasteiger partial charge in [-0.25, -0.2) is 8.42 Å². The first-order valence-electron chi connectivity index (χ1n) is 6.70. The van der Waals surface area contributed by atoms with Crippen LogP contribution in [0.4, 0.5) is 0 Å². The van der Waals surface area contributed by atoms with E-state index in [1.54, 1.807) is 24.3 Å². The number of benzene rings is 2. The van der Waals surface area contributed by atoms with E-state index in [-0.39, 0.29) is 0 Å². The molecule has 2 aromatic carbocycles. The fourth-order valence-electron chi connectivity index (χ4n) is 2.33. The number of fused-ring (bicyclic) bond motifs is 1. The van der Waals surface area contributed by atoms with E-state index in [0.717, 1.165) is 6.42 Å². The number of hydrogen-bond donors (Lipinski definition) is 0. The smallest absolute Gasteiger partial charge is 0.175 e. The van der Waals surface area contributed by atoms with E-state index in [0.29, 0.717) is 22.5 Å². The van der Waals surface area contributed by atoms with Crippen molar-refractivity contribution in [1.29, 1.82) is 0 Å². The van der Waals surface area contributed by atoms with E-state index < -0.39 is 9.84 Å². The molecule has 3 rings (SSSR count). The minimum atomic E-state index is -3.19. The number of ether oxygens (including phenoxy) is 1. The molecule has 3 nitrogen and oxygen atoms in total. The molecule has 2 aromatic rings. The molecule has 1 aliphatic heterocycles. The highest BCUT2D eigenvalue weighted by atomic mass is 32.2. The van der Waals surface area contributed by atoms with E-state index in [9.17, 15) is 8.42 Å². The number of hydrogen-bond acceptors (Lipinski definition) is 4. The van der Waals surface area contributed by atoms with Gasteiger partial charge >= 0.3 is 0 Å². The van der Waals surface area contributed by atoms with Crippen LogP contribution in [0.15, 0.2) is 58.3 Å². The Morgan fingerprint density at radius 2 is 2.00 bits per heavy atom. The van der Waals surface area contributed by atoms with Crippen LogP contribution in [0.2, 0.25) is 0 Å². The van der Waals surface area contributed by atoms with Gasteiger partial charge in [-0.15, -0.1) is 11.8 Å². The van der Waals surface area contributed by atoms with Gasteiger partial charge in [0.05, 0.1) is 4.90 Å². The maximum atomic E-state index is 11.5. The van der Waals surface area contributed by atoms with Gasteiger partial charge in [0.1, 0.15) is 12.4 Å². The normalized spacial score (nSPS) is 17.5. The van der Waals surface area contributed by atoms with Crippen LogP contribution in [0.25, 0.3) is 0 Å². The molecule has 0 saturated heterocycles. The average molecular weight is 320 g/mol. The van der Waals surface area contributed by atoms with Gasteiger partial charge in [-0.05, 0) is 36.2 Å². The van der Waals surface area contributed by atoms with Crippen molar-refractivity contribution < 1.29 is 13.2 Å². The maximum Gasteiger partial charge on any atom is 0.175 e. The maximum absolute atomic E-state index is 11.5. The van der Waals surface area contributed by atoms with Crippen molar-refractivity contribution >= 4 is 21.6 Å². The van der Waals surface area contributed by atoms with Crippen LogP contribution in [0, 0.1) is 0 Å². The molecule has 5 heteroatoms. The van der Waals surface area contributed by atoms with E-state index in [2.05, 4.69) is 18.2 Å². The van der Waals surface area contributed by atoms with Crippen molar-refractivity contribution in [2.75, 3.05) is 12.9 Å². The largest absolute Gasteiger partial charge is 0.492 e. The molecule has 0 fully saturated rings. The summed E-state index contributed by atoms with van der Waals surface area (Å²) >= 11 is 1.82. The lowest BCUT2D eigenvalue weighted by Gasteiger charge is -2.11. The van der Waals surface area contributed by atoms with Crippen LogP contribution in [0.5, 0.6) is 5.75 Å². The van der Waals surface area contributed by atoms with Gasteiger partial charge in [0, 0.05) is 16.4 Å². The van der Waals surface area contributed by atoms with Gasteiger partial charge in [0.15, 0.2) is 9.84 Å². The van der Waals surface area contributed by atoms with Gasteiger partial charge in [-0.2, -0.15) is 0 Å². The molecule has 0 spiro atoms. The minimum Gasteiger partial charge on any atom is -0.492 e. The van der Waals surface area contributed by atoms with E-state index >= 15 is 0 Å². The van der Waals surface area contributed by atoms with Crippen LogP contribution in [0.1, 0.15) is 5.56 Å². The predicted molar refractivity (Wildman–Crippen MR) is 84.8 cm³/mol. The highest BCUT2D eigenvalue weighted by Gasteiger charge is 2.22. The Balaban J connectivity index is 1.65. The second-order valence-corrected chi connectivity index (χ2v) is 8.47. The van der Waals surface area contributed by atoms with Crippen molar-refractivity contribution in [3.8, 4) is 5.75 Å². The Bertz CT molecular complexity index is 729. The lowest BCUT2D eigenvalue weighted by molar-refractivity contribution is 0.317. The first-order chi connectivity index (χ1) is 10.0. The van der Waals surface area contributed by atoms with Gasteiger partial charge in [0.2, 0.25) is 0 Å². The van der Waals surface area contributed by atoms with Crippen LogP contribution >= 0.6 is 11.8 Å². The van der Waals surface area contributed by atoms with E-state index in [4.69, 9.17) is 4.74 Å². The van der Waals surface area contributed by atoms with Crippen molar-refractivity contribution in [3.63, 3.8) is 0 Å². The van der Waals surface area contributed by atoms with Gasteiger partial charge in [-0.1, -0.05) is 24.3 Å². The molecule has 110 valence electrons. The lowest BCUT2D eigenvalue weighted by Crippen LogP contribution is -2.13. The molecular weight excluding hydrogens is 304 g/mol. The second-order valence-electron chi connectivity index (χ2n) is 5.11. The zero-order chi connectivity index (χ0) is 14.9. The van der Waals surface area contributed by atoms with Crippen LogP contribution in [-0.4, -0.2) is 26.5 Å². The highest BCUT2D eigenvalue weighted by Crippen LogP contribution is 2.36. The van der Waals surface area contributed by atoms with Gasteiger partial charge < -0.3 is 4.74 Å². The Hall–Kier alpha value is -1.46. The predicted octanol–water partition coefficient (Wildman–Crippen LogP) is 3.19. The lowest BCUT2D eigenvalue weighted by atomic mass is 10.1. The van der Waals surface area contributed by atoms with Crippen molar-refractivity contribution in [2.45, 2.75) is 21.5 Å². The Morgan fingerprint density at radius 1 is 1.19 bits per heavy atom. The van der Waals surface area contributed by atoms with E-state index in [1.165, 1.54) is 16.7 Å². The van der Waals surface area contributed by atoms with Gasteiger partial charge in [0.25, 0.3) is 0 Å². The number of sulfone groups is 1. The molecule has 0 radical (unpaired) electrons. The Morgan fingerprint density at radius 3 is 2.76 bits per heavy atom. The molecule has 1 heterocycles. The standard InChI is InChI=1S/C16H16O3S2/c1-21(17,18)15-7-4-6-13(10-15)19-11-14-9-12-5-2-3-8-16(12)20-14/h2-8,10,14H,9,11H2,1H3. The summed E-state index contributed by atoms with van der Waals surface area (Å²) in [6, 6.07) is 15.0. The first-order valence-corrected chi connectivity index (χ1v) is 9.47. The minimum absolute atomic E-state index is 0.294. The molecule has 0 N–H and O–H groups in total. The summed E-state index contributed by atoms with van der Waals surface area (Å²) in [6.45, 7) is 0.576. The Kier molecular flexibility index (Phi) is 3.95. The SMILES string of the molecule is CS(=O)(=O)c1cccc(OCC2Cc3ccccc3S2)c1. The summed E-state index contributed by atoms with van der Waals surface area (Å²) in [5.74, 6) is 0.606. The summed E-state index contributed by atoms with van der Waals surface area (Å²) in [4.78, 5) is 1.61. The summed E-state index contributed by atoms with van der Waals surface area (Å²) in [7, 11) is -3.19. The molecule has 0 aromatic heterocycles.